The first-order valence-electron chi connectivity index (χ1n) is 9.67. The van der Waals surface area contributed by atoms with Gasteiger partial charge in [-0.2, -0.15) is 11.8 Å². The third-order valence-corrected chi connectivity index (χ3v) is 6.45. The van der Waals surface area contributed by atoms with Gasteiger partial charge in [0, 0.05) is 34.4 Å². The molecule has 0 spiro atoms. The van der Waals surface area contributed by atoms with Crippen LogP contribution in [0.25, 0.3) is 11.3 Å². The van der Waals surface area contributed by atoms with Crippen molar-refractivity contribution in [1.29, 1.82) is 0 Å². The van der Waals surface area contributed by atoms with Crippen LogP contribution in [-0.2, 0) is 22.8 Å². The van der Waals surface area contributed by atoms with Gasteiger partial charge in [0.05, 0.1) is 17.1 Å². The van der Waals surface area contributed by atoms with Gasteiger partial charge in [-0.1, -0.05) is 23.7 Å². The van der Waals surface area contributed by atoms with Crippen molar-refractivity contribution in [2.75, 3.05) is 6.54 Å². The van der Waals surface area contributed by atoms with Gasteiger partial charge < -0.3 is 20.1 Å². The molecule has 1 aliphatic heterocycles. The van der Waals surface area contributed by atoms with E-state index in [0.717, 1.165) is 16.8 Å². The van der Waals surface area contributed by atoms with Crippen molar-refractivity contribution in [2.24, 2.45) is 0 Å². The summed E-state index contributed by atoms with van der Waals surface area (Å²) in [4.78, 5) is 39.5. The molecule has 4 N–H and O–H groups in total. The number of amides is 1. The quantitative estimate of drug-likeness (QED) is 0.506. The van der Waals surface area contributed by atoms with Gasteiger partial charge >= 0.3 is 5.97 Å². The second kappa shape index (κ2) is 9.05. The Morgan fingerprint density at radius 3 is 2.66 bits per heavy atom. The number of fused-ring (bicyclic) bond motifs is 1. The summed E-state index contributed by atoms with van der Waals surface area (Å²) in [5.41, 5.74) is 2.51. The smallest absolute Gasteiger partial charge is 0.322 e. The second-order valence-corrected chi connectivity index (χ2v) is 8.59. The van der Waals surface area contributed by atoms with Crippen molar-refractivity contribution in [2.45, 2.75) is 18.1 Å². The summed E-state index contributed by atoms with van der Waals surface area (Å²) in [6.07, 6.45) is 1.76. The molecule has 0 bridgehead atoms. The minimum absolute atomic E-state index is 0.181. The Bertz CT molecular complexity index is 1270. The van der Waals surface area contributed by atoms with Crippen LogP contribution in [0.4, 0.5) is 0 Å². The molecule has 10 heteroatoms. The van der Waals surface area contributed by atoms with Gasteiger partial charge in [-0.05, 0) is 18.2 Å². The van der Waals surface area contributed by atoms with Gasteiger partial charge in [0.15, 0.2) is 6.20 Å². The Morgan fingerprint density at radius 1 is 1.19 bits per heavy atom. The standard InChI is InChI=1S/C22H18ClN3O5S/c23-15-4-2-1-3-13(15)16-6-5-12(7-24-16)9-26-17-11-32-10-14(17)20(29)19(22(26)31)21(30)25-8-18(27)28/h1-7,29H,8-11H2,(H,25,30)(H,27,28)/p+1. The van der Waals surface area contributed by atoms with Gasteiger partial charge in [0.2, 0.25) is 5.69 Å². The molecule has 0 unspecified atom stereocenters. The van der Waals surface area contributed by atoms with E-state index >= 15 is 0 Å². The molecule has 1 amide bonds. The highest BCUT2D eigenvalue weighted by molar-refractivity contribution is 7.98. The maximum Gasteiger partial charge on any atom is 0.322 e. The molecule has 4 rings (SSSR count). The van der Waals surface area contributed by atoms with E-state index in [9.17, 15) is 19.5 Å². The summed E-state index contributed by atoms with van der Waals surface area (Å²) in [7, 11) is 0. The van der Waals surface area contributed by atoms with E-state index in [1.165, 1.54) is 16.3 Å². The number of aromatic amines is 1. The molecule has 2 aromatic heterocycles. The molecule has 0 saturated carbocycles. The number of carbonyl (C=O) groups excluding carboxylic acids is 1. The number of carbonyl (C=O) groups is 2. The number of hydrogen-bond acceptors (Lipinski definition) is 5. The molecule has 1 aromatic carbocycles. The molecule has 0 fully saturated rings. The molecule has 0 saturated heterocycles. The van der Waals surface area contributed by atoms with Crippen LogP contribution in [0.5, 0.6) is 5.75 Å². The fourth-order valence-electron chi connectivity index (χ4n) is 3.58. The van der Waals surface area contributed by atoms with Crippen LogP contribution in [0.15, 0.2) is 47.4 Å². The average Bonchev–Trinajstić information content (AvgIpc) is 3.26. The number of hydrogen-bond donors (Lipinski definition) is 3. The van der Waals surface area contributed by atoms with E-state index in [0.29, 0.717) is 27.8 Å². The lowest BCUT2D eigenvalue weighted by molar-refractivity contribution is -0.365. The Balaban J connectivity index is 1.70. The molecule has 8 nitrogen and oxygen atoms in total. The minimum atomic E-state index is -1.25. The number of carboxylic acid groups (broad SMARTS) is 1. The van der Waals surface area contributed by atoms with Crippen LogP contribution in [0, 0.1) is 0 Å². The monoisotopic (exact) mass is 472 g/mol. The van der Waals surface area contributed by atoms with Gasteiger partial charge in [0.1, 0.15) is 17.9 Å². The molecule has 1 aliphatic rings. The summed E-state index contributed by atoms with van der Waals surface area (Å²) >= 11 is 7.78. The zero-order valence-electron chi connectivity index (χ0n) is 16.7. The van der Waals surface area contributed by atoms with E-state index in [1.807, 2.05) is 30.3 Å². The maximum absolute atomic E-state index is 13.1. The van der Waals surface area contributed by atoms with Crippen molar-refractivity contribution >= 4 is 35.2 Å². The van der Waals surface area contributed by atoms with Crippen molar-refractivity contribution in [1.82, 2.24) is 9.88 Å². The number of carboxylic acids is 1. The summed E-state index contributed by atoms with van der Waals surface area (Å²) < 4.78 is 1.46. The number of thioether (sulfide) groups is 1. The zero-order chi connectivity index (χ0) is 22.8. The Morgan fingerprint density at radius 2 is 1.97 bits per heavy atom. The summed E-state index contributed by atoms with van der Waals surface area (Å²) in [6, 6.07) is 11.1. The molecule has 0 atom stereocenters. The number of nitrogens with zero attached hydrogens (tertiary/aromatic N) is 1. The van der Waals surface area contributed by atoms with Crippen LogP contribution in [0.3, 0.4) is 0 Å². The minimum Gasteiger partial charge on any atom is -0.507 e. The van der Waals surface area contributed by atoms with Crippen LogP contribution >= 0.6 is 23.4 Å². The highest BCUT2D eigenvalue weighted by Crippen LogP contribution is 2.36. The van der Waals surface area contributed by atoms with Gasteiger partial charge in [-0.15, -0.1) is 0 Å². The lowest BCUT2D eigenvalue weighted by atomic mass is 10.1. The van der Waals surface area contributed by atoms with Gasteiger partial charge in [0.25, 0.3) is 11.5 Å². The largest absolute Gasteiger partial charge is 0.507 e. The van der Waals surface area contributed by atoms with E-state index in [-0.39, 0.29) is 12.3 Å². The normalized spacial score (nSPS) is 12.4. The van der Waals surface area contributed by atoms with Crippen molar-refractivity contribution < 1.29 is 24.8 Å². The zero-order valence-corrected chi connectivity index (χ0v) is 18.3. The van der Waals surface area contributed by atoms with E-state index in [4.69, 9.17) is 16.7 Å². The maximum atomic E-state index is 13.1. The number of nitrogens with one attached hydrogen (secondary N) is 2. The highest BCUT2D eigenvalue weighted by Gasteiger charge is 2.29. The number of halogens is 1. The lowest BCUT2D eigenvalue weighted by Crippen LogP contribution is -2.37. The van der Waals surface area contributed by atoms with E-state index in [1.54, 1.807) is 12.3 Å². The van der Waals surface area contributed by atoms with Gasteiger partial charge in [-0.3, -0.25) is 14.4 Å². The number of aliphatic carboxylic acids is 1. The number of benzene rings is 1. The van der Waals surface area contributed by atoms with Crippen LogP contribution < -0.4 is 15.9 Å². The van der Waals surface area contributed by atoms with Crippen molar-refractivity contribution in [3.63, 3.8) is 0 Å². The number of rotatable bonds is 6. The molecular weight excluding hydrogens is 454 g/mol. The van der Waals surface area contributed by atoms with Crippen LogP contribution in [-0.4, -0.2) is 33.2 Å². The Hall–Kier alpha value is -3.30. The average molecular weight is 473 g/mol. The predicted octanol–water partition coefficient (Wildman–Crippen LogP) is 2.30. The van der Waals surface area contributed by atoms with Crippen molar-refractivity contribution in [3.05, 3.63) is 80.4 Å². The fraction of sp³-hybridized carbons (Fsp3) is 0.182. The third-order valence-electron chi connectivity index (χ3n) is 5.15. The van der Waals surface area contributed by atoms with Crippen molar-refractivity contribution in [3.8, 4) is 17.0 Å². The molecule has 0 radical (unpaired) electrons. The summed E-state index contributed by atoms with van der Waals surface area (Å²) in [5.74, 6) is -1.56. The number of H-pyrrole nitrogens is 1. The molecule has 0 aliphatic carbocycles. The highest BCUT2D eigenvalue weighted by atomic mass is 35.5. The Labute approximate surface area is 191 Å². The Kier molecular flexibility index (Phi) is 6.20. The first kappa shape index (κ1) is 21.9. The molecule has 32 heavy (non-hydrogen) atoms. The topological polar surface area (TPSA) is 123 Å². The SMILES string of the molecule is O=C(O)CNC(=O)c1c(O)c2c(n(Cc3ccc(-c4ccccc4Cl)[nH+]c3)c1=O)CSC2. The number of pyridine rings is 2. The predicted molar refractivity (Wildman–Crippen MR) is 120 cm³/mol. The molecule has 3 heterocycles. The first-order chi connectivity index (χ1) is 15.4. The summed E-state index contributed by atoms with van der Waals surface area (Å²) in [5, 5.41) is 22.1. The third kappa shape index (κ3) is 4.21. The molecule has 164 valence electrons. The lowest BCUT2D eigenvalue weighted by Gasteiger charge is -2.15. The fourth-order valence-corrected chi connectivity index (χ4v) is 4.95. The summed E-state index contributed by atoms with van der Waals surface area (Å²) in [6.45, 7) is -0.470. The van der Waals surface area contributed by atoms with Crippen LogP contribution in [0.1, 0.15) is 27.2 Å². The van der Waals surface area contributed by atoms with Crippen LogP contribution in [0.2, 0.25) is 5.02 Å². The van der Waals surface area contributed by atoms with E-state index < -0.39 is 29.5 Å². The number of aromatic hydroxyl groups is 1. The molecule has 3 aromatic rings. The number of aromatic nitrogens is 2. The first-order valence-corrected chi connectivity index (χ1v) is 11.2. The van der Waals surface area contributed by atoms with E-state index in [2.05, 4.69) is 10.3 Å². The van der Waals surface area contributed by atoms with Gasteiger partial charge in [-0.25, -0.2) is 4.98 Å². The second-order valence-electron chi connectivity index (χ2n) is 7.20. The molecular formula is C22H19ClN3O5S+.